The lowest BCUT2D eigenvalue weighted by molar-refractivity contribution is 0.102. The van der Waals surface area contributed by atoms with Crippen LogP contribution in [0.25, 0.3) is 22.4 Å². The molecule has 0 saturated heterocycles. The standard InChI is InChI=1S/C18H12ClN5O/c19-11-5-6-13(24-18(25)16-10-20-7-8-21-16)12(9-11)17-22-14-3-1-2-4-15(14)23-17/h1-10H,(H,22,23)(H,24,25). The van der Waals surface area contributed by atoms with Crippen LogP contribution in [0.3, 0.4) is 0 Å². The van der Waals surface area contributed by atoms with Crippen molar-refractivity contribution in [3.63, 3.8) is 0 Å². The van der Waals surface area contributed by atoms with E-state index in [4.69, 9.17) is 11.6 Å². The van der Waals surface area contributed by atoms with Gasteiger partial charge in [-0.2, -0.15) is 0 Å². The summed E-state index contributed by atoms with van der Waals surface area (Å²) in [7, 11) is 0. The summed E-state index contributed by atoms with van der Waals surface area (Å²) in [6.07, 6.45) is 4.39. The molecule has 1 amide bonds. The van der Waals surface area contributed by atoms with Crippen LogP contribution in [0.15, 0.2) is 61.1 Å². The van der Waals surface area contributed by atoms with Gasteiger partial charge in [0, 0.05) is 23.0 Å². The van der Waals surface area contributed by atoms with E-state index in [9.17, 15) is 4.79 Å². The van der Waals surface area contributed by atoms with Gasteiger partial charge in [0.2, 0.25) is 0 Å². The minimum atomic E-state index is -0.354. The number of imidazole rings is 1. The molecule has 2 heterocycles. The molecule has 2 aromatic heterocycles. The van der Waals surface area contributed by atoms with E-state index in [0.29, 0.717) is 22.1 Å². The van der Waals surface area contributed by atoms with Gasteiger partial charge in [-0.1, -0.05) is 23.7 Å². The van der Waals surface area contributed by atoms with Crippen LogP contribution in [0.5, 0.6) is 0 Å². The van der Waals surface area contributed by atoms with E-state index < -0.39 is 0 Å². The van der Waals surface area contributed by atoms with Crippen molar-refractivity contribution in [1.29, 1.82) is 0 Å². The second-order valence-electron chi connectivity index (χ2n) is 5.34. The summed E-state index contributed by atoms with van der Waals surface area (Å²) in [5.74, 6) is 0.269. The molecule has 4 rings (SSSR count). The molecule has 0 spiro atoms. The molecule has 6 nitrogen and oxygen atoms in total. The van der Waals surface area contributed by atoms with Gasteiger partial charge in [-0.15, -0.1) is 0 Å². The Labute approximate surface area is 147 Å². The van der Waals surface area contributed by atoms with Gasteiger partial charge in [-0.3, -0.25) is 9.78 Å². The topological polar surface area (TPSA) is 83.6 Å². The Morgan fingerprint density at radius 1 is 1.12 bits per heavy atom. The van der Waals surface area contributed by atoms with E-state index in [1.54, 1.807) is 18.2 Å². The summed E-state index contributed by atoms with van der Waals surface area (Å²) in [6, 6.07) is 12.9. The predicted octanol–water partition coefficient (Wildman–Crippen LogP) is 3.93. The van der Waals surface area contributed by atoms with Gasteiger partial charge < -0.3 is 10.3 Å². The molecule has 0 radical (unpaired) electrons. The van der Waals surface area contributed by atoms with E-state index in [2.05, 4.69) is 25.3 Å². The first-order valence-electron chi connectivity index (χ1n) is 7.53. The summed E-state index contributed by atoms with van der Waals surface area (Å²) >= 11 is 6.14. The number of aromatic amines is 1. The van der Waals surface area contributed by atoms with Gasteiger partial charge in [0.15, 0.2) is 0 Å². The van der Waals surface area contributed by atoms with E-state index in [-0.39, 0.29) is 11.6 Å². The number of amides is 1. The maximum atomic E-state index is 12.4. The van der Waals surface area contributed by atoms with Gasteiger partial charge in [-0.25, -0.2) is 9.97 Å². The molecule has 7 heteroatoms. The number of hydrogen-bond acceptors (Lipinski definition) is 4. The molecular formula is C18H12ClN5O. The number of nitrogens with one attached hydrogen (secondary N) is 2. The summed E-state index contributed by atoms with van der Waals surface area (Å²) in [4.78, 5) is 28.1. The highest BCUT2D eigenvalue weighted by atomic mass is 35.5. The molecule has 2 aromatic carbocycles. The van der Waals surface area contributed by atoms with Crippen molar-refractivity contribution in [2.45, 2.75) is 0 Å². The van der Waals surface area contributed by atoms with Crippen LogP contribution in [0.1, 0.15) is 10.5 Å². The number of nitrogens with zero attached hydrogens (tertiary/aromatic N) is 3. The van der Waals surface area contributed by atoms with Crippen molar-refractivity contribution >= 4 is 34.2 Å². The van der Waals surface area contributed by atoms with Crippen LogP contribution in [-0.4, -0.2) is 25.8 Å². The average molecular weight is 350 g/mol. The molecule has 0 fully saturated rings. The fourth-order valence-electron chi connectivity index (χ4n) is 2.50. The molecular weight excluding hydrogens is 338 g/mol. The Morgan fingerprint density at radius 3 is 2.80 bits per heavy atom. The number of fused-ring (bicyclic) bond motifs is 1. The van der Waals surface area contributed by atoms with Crippen LogP contribution >= 0.6 is 11.6 Å². The highest BCUT2D eigenvalue weighted by Gasteiger charge is 2.14. The SMILES string of the molecule is O=C(Nc1ccc(Cl)cc1-c1nc2ccccc2[nH]1)c1cnccn1. The Kier molecular flexibility index (Phi) is 3.87. The lowest BCUT2D eigenvalue weighted by Gasteiger charge is -2.09. The molecule has 0 aliphatic rings. The summed E-state index contributed by atoms with van der Waals surface area (Å²) in [5.41, 5.74) is 3.25. The van der Waals surface area contributed by atoms with Crippen molar-refractivity contribution in [2.75, 3.05) is 5.32 Å². The van der Waals surface area contributed by atoms with E-state index in [1.165, 1.54) is 18.6 Å². The molecule has 25 heavy (non-hydrogen) atoms. The number of rotatable bonds is 3. The number of H-pyrrole nitrogens is 1. The van der Waals surface area contributed by atoms with Crippen molar-refractivity contribution in [1.82, 2.24) is 19.9 Å². The fourth-order valence-corrected chi connectivity index (χ4v) is 2.68. The van der Waals surface area contributed by atoms with Gasteiger partial charge in [-0.05, 0) is 30.3 Å². The predicted molar refractivity (Wildman–Crippen MR) is 96.5 cm³/mol. The van der Waals surface area contributed by atoms with Crippen LogP contribution in [0, 0.1) is 0 Å². The van der Waals surface area contributed by atoms with Crippen molar-refractivity contribution in [2.24, 2.45) is 0 Å². The van der Waals surface area contributed by atoms with Gasteiger partial charge >= 0.3 is 0 Å². The third-order valence-corrected chi connectivity index (χ3v) is 3.91. The molecule has 0 aliphatic carbocycles. The van der Waals surface area contributed by atoms with E-state index in [0.717, 1.165) is 11.0 Å². The van der Waals surface area contributed by atoms with E-state index >= 15 is 0 Å². The number of benzene rings is 2. The molecule has 0 bridgehead atoms. The highest BCUT2D eigenvalue weighted by Crippen LogP contribution is 2.30. The zero-order valence-corrected chi connectivity index (χ0v) is 13.7. The lowest BCUT2D eigenvalue weighted by Crippen LogP contribution is -2.14. The third kappa shape index (κ3) is 3.07. The van der Waals surface area contributed by atoms with Gasteiger partial charge in [0.1, 0.15) is 11.5 Å². The first-order valence-corrected chi connectivity index (χ1v) is 7.90. The van der Waals surface area contributed by atoms with Crippen LogP contribution in [0.2, 0.25) is 5.02 Å². The van der Waals surface area contributed by atoms with E-state index in [1.807, 2.05) is 24.3 Å². The van der Waals surface area contributed by atoms with Crippen LogP contribution in [-0.2, 0) is 0 Å². The summed E-state index contributed by atoms with van der Waals surface area (Å²) in [6.45, 7) is 0. The molecule has 4 aromatic rings. The zero-order chi connectivity index (χ0) is 17.2. The normalized spacial score (nSPS) is 10.8. The Hall–Kier alpha value is -3.25. The lowest BCUT2D eigenvalue weighted by atomic mass is 10.1. The monoisotopic (exact) mass is 349 g/mol. The van der Waals surface area contributed by atoms with Gasteiger partial charge in [0.05, 0.1) is 22.9 Å². The first-order chi connectivity index (χ1) is 12.2. The largest absolute Gasteiger partial charge is 0.338 e. The highest BCUT2D eigenvalue weighted by molar-refractivity contribution is 6.31. The number of carbonyl (C=O) groups excluding carboxylic acids is 1. The Balaban J connectivity index is 1.75. The second kappa shape index (κ2) is 6.33. The minimum absolute atomic E-state index is 0.230. The first kappa shape index (κ1) is 15.3. The zero-order valence-electron chi connectivity index (χ0n) is 12.9. The van der Waals surface area contributed by atoms with Crippen LogP contribution < -0.4 is 5.32 Å². The second-order valence-corrected chi connectivity index (χ2v) is 5.77. The molecule has 0 atom stereocenters. The minimum Gasteiger partial charge on any atom is -0.338 e. The number of hydrogen-bond donors (Lipinski definition) is 2. The molecule has 0 unspecified atom stereocenters. The Bertz CT molecular complexity index is 1030. The smallest absolute Gasteiger partial charge is 0.275 e. The molecule has 0 aliphatic heterocycles. The van der Waals surface area contributed by atoms with Crippen molar-refractivity contribution in [3.05, 3.63) is 71.8 Å². The summed E-state index contributed by atoms with van der Waals surface area (Å²) in [5, 5.41) is 3.39. The number of anilines is 1. The van der Waals surface area contributed by atoms with Crippen LogP contribution in [0.4, 0.5) is 5.69 Å². The third-order valence-electron chi connectivity index (χ3n) is 3.67. The molecule has 0 saturated carbocycles. The van der Waals surface area contributed by atoms with Crippen molar-refractivity contribution < 1.29 is 4.79 Å². The number of para-hydroxylation sites is 2. The maximum Gasteiger partial charge on any atom is 0.275 e. The number of halogens is 1. The maximum absolute atomic E-state index is 12.4. The fraction of sp³-hybridized carbons (Fsp3) is 0. The molecule has 2 N–H and O–H groups in total. The van der Waals surface area contributed by atoms with Crippen molar-refractivity contribution in [3.8, 4) is 11.4 Å². The molecule has 122 valence electrons. The number of aromatic nitrogens is 4. The Morgan fingerprint density at radius 2 is 2.00 bits per heavy atom. The average Bonchev–Trinajstić information content (AvgIpc) is 3.08. The number of carbonyl (C=O) groups is 1. The van der Waals surface area contributed by atoms with Gasteiger partial charge in [0.25, 0.3) is 5.91 Å². The summed E-state index contributed by atoms with van der Waals surface area (Å²) < 4.78 is 0. The quantitative estimate of drug-likeness (QED) is 0.587.